The molecule has 4 aromatic rings. The highest BCUT2D eigenvalue weighted by molar-refractivity contribution is 7.99. The van der Waals surface area contributed by atoms with E-state index in [1.807, 2.05) is 53.1 Å². The van der Waals surface area contributed by atoms with Crippen LogP contribution in [0.3, 0.4) is 0 Å². The number of nitro groups is 1. The Bertz CT molecular complexity index is 1150. The van der Waals surface area contributed by atoms with E-state index in [0.717, 1.165) is 11.1 Å². The van der Waals surface area contributed by atoms with Crippen molar-refractivity contribution in [1.82, 2.24) is 24.7 Å². The summed E-state index contributed by atoms with van der Waals surface area (Å²) in [6.07, 6.45) is 2.34. The number of benzene rings is 2. The minimum atomic E-state index is -0.540. The standard InChI is InChI=1S/C19H13ClN6O2S/c20-16-9-5-4-8-15(16)17-23-24-19(25(17)12-13-6-2-1-3-7-13)29-18-21-10-14(11-22-18)26(27)28/h1-11H,12H2. The van der Waals surface area contributed by atoms with Gasteiger partial charge in [-0.2, -0.15) is 0 Å². The van der Waals surface area contributed by atoms with E-state index in [4.69, 9.17) is 11.6 Å². The highest BCUT2D eigenvalue weighted by Gasteiger charge is 2.19. The van der Waals surface area contributed by atoms with Crippen molar-refractivity contribution in [3.05, 3.63) is 87.7 Å². The van der Waals surface area contributed by atoms with Crippen LogP contribution in [0.1, 0.15) is 5.56 Å². The van der Waals surface area contributed by atoms with Gasteiger partial charge in [0, 0.05) is 5.56 Å². The van der Waals surface area contributed by atoms with Gasteiger partial charge < -0.3 is 0 Å². The van der Waals surface area contributed by atoms with Crippen molar-refractivity contribution in [1.29, 1.82) is 0 Å². The maximum absolute atomic E-state index is 10.8. The first-order chi connectivity index (χ1) is 14.1. The summed E-state index contributed by atoms with van der Waals surface area (Å²) >= 11 is 7.55. The van der Waals surface area contributed by atoms with Crippen molar-refractivity contribution in [3.8, 4) is 11.4 Å². The van der Waals surface area contributed by atoms with Gasteiger partial charge >= 0.3 is 5.69 Å². The van der Waals surface area contributed by atoms with Crippen LogP contribution in [0.2, 0.25) is 5.02 Å². The predicted molar refractivity (Wildman–Crippen MR) is 109 cm³/mol. The molecule has 29 heavy (non-hydrogen) atoms. The van der Waals surface area contributed by atoms with Crippen molar-refractivity contribution in [2.45, 2.75) is 16.9 Å². The molecule has 0 unspecified atom stereocenters. The van der Waals surface area contributed by atoms with Crippen LogP contribution in [-0.4, -0.2) is 29.7 Å². The van der Waals surface area contributed by atoms with E-state index in [1.165, 1.54) is 24.2 Å². The molecule has 2 heterocycles. The van der Waals surface area contributed by atoms with Crippen LogP contribution in [-0.2, 0) is 6.54 Å². The molecule has 0 radical (unpaired) electrons. The Morgan fingerprint density at radius 3 is 2.38 bits per heavy atom. The molecular formula is C19H13ClN6O2S. The van der Waals surface area contributed by atoms with Gasteiger partial charge in [-0.25, -0.2) is 9.97 Å². The lowest BCUT2D eigenvalue weighted by atomic mass is 10.2. The average Bonchev–Trinajstić information content (AvgIpc) is 3.11. The summed E-state index contributed by atoms with van der Waals surface area (Å²) in [7, 11) is 0. The maximum atomic E-state index is 10.8. The second kappa shape index (κ2) is 8.38. The Hall–Kier alpha value is -3.30. The van der Waals surface area contributed by atoms with Crippen LogP contribution in [0.25, 0.3) is 11.4 Å². The molecule has 2 aromatic heterocycles. The van der Waals surface area contributed by atoms with Crippen LogP contribution in [0, 0.1) is 10.1 Å². The largest absolute Gasteiger partial charge is 0.305 e. The molecule has 0 spiro atoms. The monoisotopic (exact) mass is 424 g/mol. The first-order valence-electron chi connectivity index (χ1n) is 8.48. The summed E-state index contributed by atoms with van der Waals surface area (Å²) in [5.74, 6) is 0.615. The van der Waals surface area contributed by atoms with Crippen molar-refractivity contribution in [3.63, 3.8) is 0 Å². The van der Waals surface area contributed by atoms with Gasteiger partial charge in [-0.05, 0) is 29.5 Å². The predicted octanol–water partition coefficient (Wildman–Crippen LogP) is 4.50. The number of nitrogens with zero attached hydrogens (tertiary/aromatic N) is 6. The molecule has 0 amide bonds. The molecule has 0 atom stereocenters. The number of hydrogen-bond acceptors (Lipinski definition) is 7. The van der Waals surface area contributed by atoms with Crippen LogP contribution >= 0.6 is 23.4 Å². The van der Waals surface area contributed by atoms with E-state index < -0.39 is 4.92 Å². The zero-order chi connectivity index (χ0) is 20.2. The van der Waals surface area contributed by atoms with Crippen LogP contribution in [0.5, 0.6) is 0 Å². The molecule has 0 aliphatic carbocycles. The van der Waals surface area contributed by atoms with Gasteiger partial charge in [-0.15, -0.1) is 10.2 Å². The Morgan fingerprint density at radius 1 is 1.00 bits per heavy atom. The molecule has 0 aliphatic rings. The van der Waals surface area contributed by atoms with Crippen LogP contribution < -0.4 is 0 Å². The van der Waals surface area contributed by atoms with E-state index in [2.05, 4.69) is 20.2 Å². The second-order valence-corrected chi connectivity index (χ2v) is 7.28. The fraction of sp³-hybridized carbons (Fsp3) is 0.0526. The first-order valence-corrected chi connectivity index (χ1v) is 9.67. The van der Waals surface area contributed by atoms with Gasteiger partial charge in [-0.3, -0.25) is 14.7 Å². The molecule has 0 saturated heterocycles. The normalized spacial score (nSPS) is 10.8. The van der Waals surface area contributed by atoms with Crippen LogP contribution in [0.15, 0.2) is 77.3 Å². The minimum absolute atomic E-state index is 0.170. The summed E-state index contributed by atoms with van der Waals surface area (Å²) in [4.78, 5) is 18.4. The van der Waals surface area contributed by atoms with Gasteiger partial charge in [0.25, 0.3) is 0 Å². The summed E-state index contributed by atoms with van der Waals surface area (Å²) in [5, 5.41) is 20.9. The molecule has 0 bridgehead atoms. The Kier molecular flexibility index (Phi) is 5.50. The maximum Gasteiger partial charge on any atom is 0.305 e. The molecule has 10 heteroatoms. The quantitative estimate of drug-likeness (QED) is 0.255. The molecular weight excluding hydrogens is 412 g/mol. The second-order valence-electron chi connectivity index (χ2n) is 5.94. The van der Waals surface area contributed by atoms with Crippen molar-refractivity contribution in [2.24, 2.45) is 0 Å². The molecule has 0 fully saturated rings. The lowest BCUT2D eigenvalue weighted by Crippen LogP contribution is -2.04. The van der Waals surface area contributed by atoms with E-state index in [9.17, 15) is 10.1 Å². The zero-order valence-corrected chi connectivity index (χ0v) is 16.4. The summed E-state index contributed by atoms with van der Waals surface area (Å²) in [6.45, 7) is 0.518. The Morgan fingerprint density at radius 2 is 1.69 bits per heavy atom. The summed E-state index contributed by atoms with van der Waals surface area (Å²) in [5.41, 5.74) is 1.65. The van der Waals surface area contributed by atoms with E-state index >= 15 is 0 Å². The number of halogens is 1. The molecule has 144 valence electrons. The fourth-order valence-corrected chi connectivity index (χ4v) is 3.59. The summed E-state index contributed by atoms with van der Waals surface area (Å²) in [6, 6.07) is 17.3. The van der Waals surface area contributed by atoms with Gasteiger partial charge in [0.2, 0.25) is 0 Å². The smallest absolute Gasteiger partial charge is 0.297 e. The Balaban J connectivity index is 1.73. The average molecular weight is 425 g/mol. The molecule has 0 aliphatic heterocycles. The van der Waals surface area contributed by atoms with E-state index in [0.29, 0.717) is 27.7 Å². The van der Waals surface area contributed by atoms with E-state index in [1.54, 1.807) is 6.07 Å². The first kappa shape index (κ1) is 19.0. The third-order valence-electron chi connectivity index (χ3n) is 4.02. The molecule has 0 saturated carbocycles. The van der Waals surface area contributed by atoms with Gasteiger partial charge in [0.15, 0.2) is 16.1 Å². The van der Waals surface area contributed by atoms with Crippen LogP contribution in [0.4, 0.5) is 5.69 Å². The van der Waals surface area contributed by atoms with Crippen molar-refractivity contribution < 1.29 is 4.92 Å². The van der Waals surface area contributed by atoms with Gasteiger partial charge in [0.1, 0.15) is 12.4 Å². The lowest BCUT2D eigenvalue weighted by Gasteiger charge is -2.11. The van der Waals surface area contributed by atoms with E-state index in [-0.39, 0.29) is 5.69 Å². The molecule has 4 rings (SSSR count). The fourth-order valence-electron chi connectivity index (χ4n) is 2.65. The molecule has 0 N–H and O–H groups in total. The molecule has 8 nitrogen and oxygen atoms in total. The van der Waals surface area contributed by atoms with Gasteiger partial charge in [-0.1, -0.05) is 54.1 Å². The van der Waals surface area contributed by atoms with Gasteiger partial charge in [0.05, 0.1) is 16.5 Å². The highest BCUT2D eigenvalue weighted by atomic mass is 35.5. The zero-order valence-electron chi connectivity index (χ0n) is 14.8. The summed E-state index contributed by atoms with van der Waals surface area (Å²) < 4.78 is 1.92. The number of rotatable bonds is 6. The minimum Gasteiger partial charge on any atom is -0.297 e. The molecule has 2 aromatic carbocycles. The third-order valence-corrected chi connectivity index (χ3v) is 5.23. The van der Waals surface area contributed by atoms with Crippen molar-refractivity contribution in [2.75, 3.05) is 0 Å². The highest BCUT2D eigenvalue weighted by Crippen LogP contribution is 2.31. The number of aromatic nitrogens is 5. The number of hydrogen-bond donors (Lipinski definition) is 0. The lowest BCUT2D eigenvalue weighted by molar-refractivity contribution is -0.385. The SMILES string of the molecule is O=[N+]([O-])c1cnc(Sc2nnc(-c3ccccc3Cl)n2Cc2ccccc2)nc1. The third kappa shape index (κ3) is 4.25. The Labute approximate surface area is 174 Å². The topological polar surface area (TPSA) is 99.6 Å². The van der Waals surface area contributed by atoms with Crippen molar-refractivity contribution >= 4 is 29.1 Å².